The van der Waals surface area contributed by atoms with Crippen LogP contribution in [0.25, 0.3) is 0 Å². The van der Waals surface area contributed by atoms with Crippen LogP contribution in [-0.4, -0.2) is 13.1 Å². The number of hydrogen-bond acceptors (Lipinski definition) is 2. The minimum absolute atomic E-state index is 0.667. The van der Waals surface area contributed by atoms with Crippen LogP contribution in [-0.2, 0) is 0 Å². The summed E-state index contributed by atoms with van der Waals surface area (Å²) in [5.74, 6) is 0. The highest BCUT2D eigenvalue weighted by atomic mass is 79.9. The van der Waals surface area contributed by atoms with E-state index in [1.54, 1.807) is 0 Å². The van der Waals surface area contributed by atoms with E-state index in [1.165, 1.54) is 31.4 Å². The molecule has 0 aromatic heterocycles. The molecule has 0 radical (unpaired) electrons. The lowest BCUT2D eigenvalue weighted by molar-refractivity contribution is 0.653. The fourth-order valence-electron chi connectivity index (χ4n) is 2.32. The molecule has 1 aliphatic carbocycles. The molecule has 2 nitrogen and oxygen atoms in total. The fourth-order valence-corrected chi connectivity index (χ4v) is 2.77. The second-order valence-electron chi connectivity index (χ2n) is 4.33. The molecule has 0 atom stereocenters. The summed E-state index contributed by atoms with van der Waals surface area (Å²) in [6.07, 6.45) is 5.25. The Morgan fingerprint density at radius 3 is 2.62 bits per heavy atom. The van der Waals surface area contributed by atoms with Crippen LogP contribution in [0.15, 0.2) is 22.7 Å². The quantitative estimate of drug-likeness (QED) is 0.825. The zero-order valence-corrected chi connectivity index (χ0v) is 11.0. The third kappa shape index (κ3) is 2.22. The number of anilines is 1. The highest BCUT2D eigenvalue weighted by molar-refractivity contribution is 9.10. The van der Waals surface area contributed by atoms with Crippen molar-refractivity contribution < 1.29 is 0 Å². The van der Waals surface area contributed by atoms with Gasteiger partial charge < -0.3 is 4.90 Å². The molecule has 0 aliphatic heterocycles. The molecular formula is C13H15BrN2. The molecule has 16 heavy (non-hydrogen) atoms. The van der Waals surface area contributed by atoms with Crippen LogP contribution in [0.1, 0.15) is 31.2 Å². The van der Waals surface area contributed by atoms with Crippen molar-refractivity contribution in [2.24, 2.45) is 0 Å². The number of nitrogens with zero attached hydrogens (tertiary/aromatic N) is 2. The molecule has 1 aromatic carbocycles. The van der Waals surface area contributed by atoms with Crippen LogP contribution in [0.3, 0.4) is 0 Å². The largest absolute Gasteiger partial charge is 0.372 e. The Labute approximate surface area is 105 Å². The van der Waals surface area contributed by atoms with Gasteiger partial charge in [0.2, 0.25) is 0 Å². The first-order chi connectivity index (χ1) is 7.72. The highest BCUT2D eigenvalue weighted by Gasteiger charge is 2.20. The molecule has 0 unspecified atom stereocenters. The molecule has 1 aliphatic rings. The zero-order chi connectivity index (χ0) is 11.5. The summed E-state index contributed by atoms with van der Waals surface area (Å²) in [5, 5.41) is 8.87. The fraction of sp³-hybridized carbons (Fsp3) is 0.462. The topological polar surface area (TPSA) is 27.0 Å². The van der Waals surface area contributed by atoms with E-state index in [1.807, 2.05) is 18.2 Å². The molecule has 0 saturated heterocycles. The summed E-state index contributed by atoms with van der Waals surface area (Å²) in [4.78, 5) is 2.33. The zero-order valence-electron chi connectivity index (χ0n) is 9.41. The summed E-state index contributed by atoms with van der Waals surface area (Å²) in [6, 6.07) is 8.78. The van der Waals surface area contributed by atoms with Crippen molar-refractivity contribution >= 4 is 21.6 Å². The lowest BCUT2D eigenvalue weighted by Gasteiger charge is -2.26. The molecule has 1 saturated carbocycles. The molecule has 1 aromatic rings. The van der Waals surface area contributed by atoms with Gasteiger partial charge in [-0.2, -0.15) is 5.26 Å². The molecular weight excluding hydrogens is 264 g/mol. The lowest BCUT2D eigenvalue weighted by atomic mass is 10.1. The summed E-state index contributed by atoms with van der Waals surface area (Å²) < 4.78 is 0.886. The second-order valence-corrected chi connectivity index (χ2v) is 5.18. The predicted molar refractivity (Wildman–Crippen MR) is 69.5 cm³/mol. The summed E-state index contributed by atoms with van der Waals surface area (Å²) >= 11 is 3.44. The highest BCUT2D eigenvalue weighted by Crippen LogP contribution is 2.29. The van der Waals surface area contributed by atoms with Gasteiger partial charge in [0.25, 0.3) is 0 Å². The van der Waals surface area contributed by atoms with E-state index in [4.69, 9.17) is 5.26 Å². The first-order valence-electron chi connectivity index (χ1n) is 5.65. The average molecular weight is 279 g/mol. The van der Waals surface area contributed by atoms with Crippen LogP contribution in [0, 0.1) is 11.3 Å². The molecule has 0 N–H and O–H groups in total. The predicted octanol–water partition coefficient (Wildman–Crippen LogP) is 3.70. The minimum Gasteiger partial charge on any atom is -0.372 e. The van der Waals surface area contributed by atoms with Crippen LogP contribution in [0.4, 0.5) is 5.69 Å². The Hall–Kier alpha value is -1.01. The van der Waals surface area contributed by atoms with Gasteiger partial charge in [-0.3, -0.25) is 0 Å². The van der Waals surface area contributed by atoms with Crippen molar-refractivity contribution in [1.82, 2.24) is 0 Å². The Bertz CT molecular complexity index is 416. The molecule has 3 heteroatoms. The Kier molecular flexibility index (Phi) is 3.50. The second kappa shape index (κ2) is 4.88. The minimum atomic E-state index is 0.667. The average Bonchev–Trinajstić information content (AvgIpc) is 2.81. The van der Waals surface area contributed by atoms with E-state index < -0.39 is 0 Å². The third-order valence-corrected chi connectivity index (χ3v) is 4.01. The first kappa shape index (κ1) is 11.5. The van der Waals surface area contributed by atoms with Crippen molar-refractivity contribution in [3.05, 3.63) is 28.2 Å². The summed E-state index contributed by atoms with van der Waals surface area (Å²) in [7, 11) is 2.14. The normalized spacial score (nSPS) is 16.1. The van der Waals surface area contributed by atoms with Gasteiger partial charge in [0.15, 0.2) is 0 Å². The van der Waals surface area contributed by atoms with E-state index >= 15 is 0 Å². The van der Waals surface area contributed by atoms with Crippen LogP contribution >= 0.6 is 15.9 Å². The summed E-state index contributed by atoms with van der Waals surface area (Å²) in [6.45, 7) is 0. The van der Waals surface area contributed by atoms with Crippen molar-refractivity contribution in [2.75, 3.05) is 11.9 Å². The van der Waals surface area contributed by atoms with E-state index in [-0.39, 0.29) is 0 Å². The maximum Gasteiger partial charge on any atom is 0.100 e. The lowest BCUT2D eigenvalue weighted by Crippen LogP contribution is -2.28. The van der Waals surface area contributed by atoms with Gasteiger partial charge in [0.05, 0.1) is 5.56 Å². The van der Waals surface area contributed by atoms with Gasteiger partial charge in [0.1, 0.15) is 6.07 Å². The molecule has 0 amide bonds. The maximum atomic E-state index is 8.87. The molecule has 0 bridgehead atoms. The van der Waals surface area contributed by atoms with Gasteiger partial charge in [-0.25, -0.2) is 0 Å². The standard InChI is InChI=1S/C13H15BrN2/c1-16(11-4-2-3-5-11)12-7-6-10(9-15)13(14)8-12/h6-8,11H,2-5H2,1H3. The Morgan fingerprint density at radius 1 is 1.38 bits per heavy atom. The molecule has 1 fully saturated rings. The van der Waals surface area contributed by atoms with E-state index in [2.05, 4.69) is 33.9 Å². The molecule has 84 valence electrons. The van der Waals surface area contributed by atoms with Crippen molar-refractivity contribution in [3.8, 4) is 6.07 Å². The van der Waals surface area contributed by atoms with E-state index in [0.717, 1.165) is 4.47 Å². The third-order valence-electron chi connectivity index (χ3n) is 3.35. The first-order valence-corrected chi connectivity index (χ1v) is 6.44. The molecule has 2 rings (SSSR count). The van der Waals surface area contributed by atoms with E-state index in [9.17, 15) is 0 Å². The number of hydrogen-bond donors (Lipinski definition) is 0. The molecule has 0 spiro atoms. The number of benzene rings is 1. The maximum absolute atomic E-state index is 8.87. The van der Waals surface area contributed by atoms with Gasteiger partial charge in [-0.15, -0.1) is 0 Å². The van der Waals surface area contributed by atoms with Crippen molar-refractivity contribution in [2.45, 2.75) is 31.7 Å². The number of rotatable bonds is 2. The van der Waals surface area contributed by atoms with Crippen molar-refractivity contribution in [1.29, 1.82) is 5.26 Å². The monoisotopic (exact) mass is 278 g/mol. The molecule has 0 heterocycles. The van der Waals surface area contributed by atoms with Crippen LogP contribution < -0.4 is 4.90 Å². The van der Waals surface area contributed by atoms with Crippen molar-refractivity contribution in [3.63, 3.8) is 0 Å². The van der Waals surface area contributed by atoms with E-state index in [0.29, 0.717) is 11.6 Å². The van der Waals surface area contributed by atoms with Gasteiger partial charge in [-0.05, 0) is 47.0 Å². The van der Waals surface area contributed by atoms with Crippen LogP contribution in [0.5, 0.6) is 0 Å². The Morgan fingerprint density at radius 2 is 2.06 bits per heavy atom. The van der Waals surface area contributed by atoms with Gasteiger partial charge in [0, 0.05) is 23.2 Å². The number of nitriles is 1. The SMILES string of the molecule is CN(c1ccc(C#N)c(Br)c1)C1CCCC1. The van der Waals surface area contributed by atoms with Gasteiger partial charge in [-0.1, -0.05) is 12.8 Å². The van der Waals surface area contributed by atoms with Crippen LogP contribution in [0.2, 0.25) is 0 Å². The van der Waals surface area contributed by atoms with Gasteiger partial charge >= 0.3 is 0 Å². The number of halogens is 1. The smallest absolute Gasteiger partial charge is 0.100 e. The Balaban J connectivity index is 2.20. The summed E-state index contributed by atoms with van der Waals surface area (Å²) in [5.41, 5.74) is 1.89.